The molecule has 23 heavy (non-hydrogen) atoms. The summed E-state index contributed by atoms with van der Waals surface area (Å²) in [5.74, 6) is 0.250. The van der Waals surface area contributed by atoms with Crippen LogP contribution in [0.1, 0.15) is 20.8 Å². The van der Waals surface area contributed by atoms with Crippen molar-refractivity contribution in [1.29, 1.82) is 0 Å². The van der Waals surface area contributed by atoms with Crippen molar-refractivity contribution >= 4 is 11.3 Å². The molecule has 0 fully saturated rings. The zero-order chi connectivity index (χ0) is 16.6. The summed E-state index contributed by atoms with van der Waals surface area (Å²) in [6, 6.07) is 7.65. The largest absolute Gasteiger partial charge is 0.482 e. The van der Waals surface area contributed by atoms with Gasteiger partial charge in [-0.3, -0.25) is 0 Å². The lowest BCUT2D eigenvalue weighted by atomic mass is 9.96. The van der Waals surface area contributed by atoms with Crippen LogP contribution in [-0.4, -0.2) is 29.4 Å². The Morgan fingerprint density at radius 2 is 1.96 bits per heavy atom. The average Bonchev–Trinajstić information content (AvgIpc) is 2.51. The van der Waals surface area contributed by atoms with Gasteiger partial charge in [0.05, 0.1) is 0 Å². The van der Waals surface area contributed by atoms with E-state index in [9.17, 15) is 9.50 Å². The molecule has 3 rings (SSSR count). The lowest BCUT2D eigenvalue weighted by Crippen LogP contribution is -2.46. The van der Waals surface area contributed by atoms with Crippen molar-refractivity contribution in [3.05, 3.63) is 58.8 Å². The second kappa shape index (κ2) is 5.95. The molecule has 0 amide bonds. The number of nitrogens with one attached hydrogen (secondary N) is 1. The minimum absolute atomic E-state index is 0.0936. The van der Waals surface area contributed by atoms with E-state index in [1.165, 1.54) is 12.2 Å². The number of β-amino-alcohol motifs (C(OH)–C–C–N with tert-alkyl or cyclic N) is 1. The van der Waals surface area contributed by atoms with E-state index in [1.807, 2.05) is 45.0 Å². The van der Waals surface area contributed by atoms with E-state index in [0.717, 1.165) is 16.0 Å². The Morgan fingerprint density at radius 1 is 1.26 bits per heavy atom. The van der Waals surface area contributed by atoms with Crippen molar-refractivity contribution in [2.45, 2.75) is 38.5 Å². The number of allylic oxidation sites excluding steroid dienone is 2. The third-order valence-electron chi connectivity index (χ3n) is 3.92. The molecule has 1 aliphatic heterocycles. The van der Waals surface area contributed by atoms with Gasteiger partial charge in [0, 0.05) is 22.9 Å². The Kier molecular flexibility index (Phi) is 4.13. The molecule has 0 saturated carbocycles. The Morgan fingerprint density at radius 3 is 2.65 bits per heavy atom. The minimum Gasteiger partial charge on any atom is -0.482 e. The average molecular weight is 315 g/mol. The highest BCUT2D eigenvalue weighted by Crippen LogP contribution is 2.25. The van der Waals surface area contributed by atoms with Crippen LogP contribution >= 0.6 is 0 Å². The van der Waals surface area contributed by atoms with Gasteiger partial charge in [-0.05, 0) is 44.2 Å². The molecule has 2 aliphatic rings. The normalized spacial score (nSPS) is 21.3. The summed E-state index contributed by atoms with van der Waals surface area (Å²) in [4.78, 5) is 0. The molecule has 0 aromatic heterocycles. The van der Waals surface area contributed by atoms with Crippen molar-refractivity contribution in [3.8, 4) is 0 Å². The lowest BCUT2D eigenvalue weighted by Gasteiger charge is -2.29. The monoisotopic (exact) mass is 315 g/mol. The first-order valence-corrected chi connectivity index (χ1v) is 7.84. The Labute approximate surface area is 135 Å². The van der Waals surface area contributed by atoms with E-state index < -0.39 is 6.10 Å². The lowest BCUT2D eigenvalue weighted by molar-refractivity contribution is 0.139. The number of fused-ring (bicyclic) bond motifs is 2. The number of rotatable bonds is 3. The molecule has 4 heteroatoms. The Bertz CT molecular complexity index is 786. The maximum Gasteiger partial charge on any atom is 0.143 e. The fraction of sp³-hybridized carbons (Fsp3) is 0.368. The highest BCUT2D eigenvalue weighted by Gasteiger charge is 2.27. The van der Waals surface area contributed by atoms with Gasteiger partial charge in [0.2, 0.25) is 0 Å². The zero-order valence-corrected chi connectivity index (χ0v) is 13.6. The van der Waals surface area contributed by atoms with E-state index in [-0.39, 0.29) is 17.5 Å². The predicted molar refractivity (Wildman–Crippen MR) is 89.5 cm³/mol. The maximum atomic E-state index is 13.6. The minimum atomic E-state index is -0.763. The summed E-state index contributed by atoms with van der Waals surface area (Å²) in [5.41, 5.74) is 0.698. The number of aliphatic hydroxyl groups is 1. The summed E-state index contributed by atoms with van der Waals surface area (Å²) in [5, 5.41) is 15.6. The molecule has 2 unspecified atom stereocenters. The quantitative estimate of drug-likeness (QED) is 0.888. The predicted octanol–water partition coefficient (Wildman–Crippen LogP) is 1.52. The molecule has 1 aromatic rings. The van der Waals surface area contributed by atoms with Crippen LogP contribution in [0.15, 0.2) is 48.3 Å². The van der Waals surface area contributed by atoms with E-state index in [4.69, 9.17) is 4.74 Å². The van der Waals surface area contributed by atoms with Gasteiger partial charge in [-0.1, -0.05) is 24.3 Å². The van der Waals surface area contributed by atoms with Crippen molar-refractivity contribution in [1.82, 2.24) is 5.32 Å². The molecule has 1 heterocycles. The summed E-state index contributed by atoms with van der Waals surface area (Å²) >= 11 is 0. The van der Waals surface area contributed by atoms with Gasteiger partial charge >= 0.3 is 0 Å². The van der Waals surface area contributed by atoms with Crippen molar-refractivity contribution in [2.24, 2.45) is 0 Å². The second-order valence-corrected chi connectivity index (χ2v) is 6.94. The first kappa shape index (κ1) is 16.0. The van der Waals surface area contributed by atoms with E-state index in [1.54, 1.807) is 6.08 Å². The van der Waals surface area contributed by atoms with Crippen molar-refractivity contribution < 1.29 is 14.2 Å². The third kappa shape index (κ3) is 3.38. The number of hydrogen-bond acceptors (Lipinski definition) is 3. The first-order chi connectivity index (χ1) is 10.8. The van der Waals surface area contributed by atoms with Gasteiger partial charge in [-0.2, -0.15) is 0 Å². The Balaban J connectivity index is 2.07. The second-order valence-electron chi connectivity index (χ2n) is 6.94. The number of aliphatic hydroxyl groups excluding tert-OH is 1. The van der Waals surface area contributed by atoms with Crippen molar-refractivity contribution in [3.63, 3.8) is 0 Å². The number of hydrogen-bond donors (Lipinski definition) is 2. The van der Waals surface area contributed by atoms with Crippen LogP contribution in [0.5, 0.6) is 0 Å². The van der Waals surface area contributed by atoms with Crippen LogP contribution in [0.2, 0.25) is 0 Å². The van der Waals surface area contributed by atoms with Crippen LogP contribution in [0, 0.1) is 0 Å². The molecule has 0 saturated heterocycles. The summed E-state index contributed by atoms with van der Waals surface area (Å²) in [6.45, 7) is 6.53. The number of ether oxygens (including phenoxy) is 1. The van der Waals surface area contributed by atoms with Crippen LogP contribution in [0.25, 0.3) is 11.3 Å². The molecule has 0 bridgehead atoms. The molecule has 1 aromatic carbocycles. The van der Waals surface area contributed by atoms with Gasteiger partial charge in [-0.25, -0.2) is 4.39 Å². The van der Waals surface area contributed by atoms with Gasteiger partial charge in [0.1, 0.15) is 23.8 Å². The molecule has 0 spiro atoms. The van der Waals surface area contributed by atoms with Crippen molar-refractivity contribution in [2.75, 3.05) is 6.54 Å². The van der Waals surface area contributed by atoms with Gasteiger partial charge < -0.3 is 15.2 Å². The number of halogens is 1. The van der Waals surface area contributed by atoms with Crippen LogP contribution < -0.4 is 15.8 Å². The Hall–Kier alpha value is -1.91. The molecule has 0 radical (unpaired) electrons. The molecular formula is C19H22FNO2. The van der Waals surface area contributed by atoms with Gasteiger partial charge in [-0.15, -0.1) is 0 Å². The topological polar surface area (TPSA) is 41.5 Å². The molecule has 2 N–H and O–H groups in total. The fourth-order valence-electron chi connectivity index (χ4n) is 2.80. The molecule has 3 nitrogen and oxygen atoms in total. The van der Waals surface area contributed by atoms with E-state index in [2.05, 4.69) is 5.32 Å². The fourth-order valence-corrected chi connectivity index (χ4v) is 2.80. The molecule has 1 aliphatic carbocycles. The molecule has 122 valence electrons. The van der Waals surface area contributed by atoms with E-state index in [0.29, 0.717) is 12.3 Å². The molecular weight excluding hydrogens is 293 g/mol. The first-order valence-electron chi connectivity index (χ1n) is 7.84. The van der Waals surface area contributed by atoms with E-state index >= 15 is 0 Å². The summed E-state index contributed by atoms with van der Waals surface area (Å²) in [7, 11) is 0. The van der Waals surface area contributed by atoms with Crippen LogP contribution in [0.3, 0.4) is 0 Å². The smallest absolute Gasteiger partial charge is 0.143 e. The summed E-state index contributed by atoms with van der Waals surface area (Å²) in [6.07, 6.45) is 3.47. The third-order valence-corrected chi connectivity index (χ3v) is 3.92. The highest BCUT2D eigenvalue weighted by atomic mass is 19.1. The summed E-state index contributed by atoms with van der Waals surface area (Å²) < 4.78 is 19.6. The molecule has 2 atom stereocenters. The number of benzene rings is 1. The highest BCUT2D eigenvalue weighted by molar-refractivity contribution is 5.70. The van der Waals surface area contributed by atoms with Gasteiger partial charge in [0.25, 0.3) is 0 Å². The standard InChI is InChI=1S/C19H22FNO2/c1-19(2,3)21-11-16(22)18-14-7-5-4-6-13(14)15-10-12(20)8-9-17(15)23-18/h4-10,16-17,21-22H,11H2,1-3H3. The zero-order valence-electron chi connectivity index (χ0n) is 13.6. The van der Waals surface area contributed by atoms with Gasteiger partial charge in [0.15, 0.2) is 0 Å². The SMILES string of the molecule is CC(C)(C)NCC(O)C1=c2ccccc2=C2C=C(F)C=CC2O1. The maximum absolute atomic E-state index is 13.6. The van der Waals surface area contributed by atoms with Crippen LogP contribution in [-0.2, 0) is 4.74 Å². The van der Waals surface area contributed by atoms with Crippen LogP contribution in [0.4, 0.5) is 4.39 Å².